The minimum Gasteiger partial charge on any atom is -0.370 e. The molecule has 1 rings (SSSR count). The summed E-state index contributed by atoms with van der Waals surface area (Å²) in [5, 5.41) is 1.08. The molecule has 0 aliphatic rings. The molecule has 3 nitrogen and oxygen atoms in total. The van der Waals surface area contributed by atoms with Crippen LogP contribution < -0.4 is 5.19 Å². The second kappa shape index (κ2) is 7.59. The molecule has 0 aliphatic heterocycles. The summed E-state index contributed by atoms with van der Waals surface area (Å²) in [7, 11) is -2.75. The van der Waals surface area contributed by atoms with E-state index in [1.807, 2.05) is 26.8 Å². The lowest BCUT2D eigenvalue weighted by molar-refractivity contribution is 0.0858. The van der Waals surface area contributed by atoms with E-state index in [9.17, 15) is 0 Å². The Morgan fingerprint density at radius 2 is 1.50 bits per heavy atom. The van der Waals surface area contributed by atoms with Gasteiger partial charge in [-0.05, 0) is 61.9 Å². The van der Waals surface area contributed by atoms with Gasteiger partial charge in [0, 0.05) is 28.6 Å². The van der Waals surface area contributed by atoms with Gasteiger partial charge in [-0.25, -0.2) is 0 Å². The summed E-state index contributed by atoms with van der Waals surface area (Å²) < 4.78 is 19.0. The van der Waals surface area contributed by atoms with Crippen LogP contribution in [0.3, 0.4) is 0 Å². The molecule has 5 heteroatoms. The summed E-state index contributed by atoms with van der Waals surface area (Å²) in [6.07, 6.45) is 0. The van der Waals surface area contributed by atoms with E-state index in [1.54, 1.807) is 0 Å². The van der Waals surface area contributed by atoms with Gasteiger partial charge in [0.25, 0.3) is 0 Å². The van der Waals surface area contributed by atoms with Gasteiger partial charge in [-0.1, -0.05) is 12.1 Å². The van der Waals surface area contributed by atoms with Gasteiger partial charge >= 0.3 is 8.80 Å². The van der Waals surface area contributed by atoms with Crippen molar-refractivity contribution in [3.05, 3.63) is 27.3 Å². The van der Waals surface area contributed by atoms with E-state index in [-0.39, 0.29) is 0 Å². The Hall–Kier alpha value is 0.0469. The zero-order valence-electron chi connectivity index (χ0n) is 11.5. The lowest BCUT2D eigenvalue weighted by atomic mass is 10.2. The summed E-state index contributed by atoms with van der Waals surface area (Å²) in [5.41, 5.74) is 1.19. The minimum atomic E-state index is -2.75. The molecule has 0 spiro atoms. The highest BCUT2D eigenvalue weighted by atomic mass is 127. The lowest BCUT2D eigenvalue weighted by Crippen LogP contribution is -2.58. The Morgan fingerprint density at radius 1 is 1.00 bits per heavy atom. The molecule has 0 unspecified atom stereocenters. The summed E-state index contributed by atoms with van der Waals surface area (Å²) >= 11 is 2.33. The van der Waals surface area contributed by atoms with Crippen LogP contribution in [0.2, 0.25) is 0 Å². The smallest absolute Gasteiger partial charge is 0.370 e. The van der Waals surface area contributed by atoms with E-state index in [2.05, 4.69) is 41.6 Å². The van der Waals surface area contributed by atoms with Gasteiger partial charge in [-0.2, -0.15) is 0 Å². The minimum absolute atomic E-state index is 0.594. The monoisotopic (exact) mass is 380 g/mol. The van der Waals surface area contributed by atoms with Crippen molar-refractivity contribution in [1.82, 2.24) is 0 Å². The maximum atomic E-state index is 5.92. The Kier molecular flexibility index (Phi) is 6.79. The summed E-state index contributed by atoms with van der Waals surface area (Å²) in [6, 6.07) is 6.18. The molecule has 0 bridgehead atoms. The fraction of sp³-hybridized carbons (Fsp3) is 0.538. The van der Waals surface area contributed by atoms with Crippen molar-refractivity contribution < 1.29 is 13.3 Å². The quantitative estimate of drug-likeness (QED) is 0.538. The first-order valence-corrected chi connectivity index (χ1v) is 9.09. The molecule has 1 aromatic carbocycles. The Labute approximate surface area is 124 Å². The first kappa shape index (κ1) is 16.1. The molecular formula is C13H21IO3Si. The fourth-order valence-corrected chi connectivity index (χ4v) is 5.37. The van der Waals surface area contributed by atoms with Crippen LogP contribution >= 0.6 is 22.6 Å². The molecule has 0 saturated carbocycles. The second-order valence-electron chi connectivity index (χ2n) is 3.77. The molecule has 0 atom stereocenters. The molecule has 0 saturated heterocycles. The van der Waals surface area contributed by atoms with Crippen molar-refractivity contribution in [2.24, 2.45) is 0 Å². The van der Waals surface area contributed by atoms with Crippen LogP contribution in [0.1, 0.15) is 26.3 Å². The van der Waals surface area contributed by atoms with Gasteiger partial charge in [0.1, 0.15) is 0 Å². The van der Waals surface area contributed by atoms with Crippen LogP contribution in [0.25, 0.3) is 0 Å². The molecular weight excluding hydrogens is 359 g/mol. The van der Waals surface area contributed by atoms with E-state index < -0.39 is 8.80 Å². The van der Waals surface area contributed by atoms with Gasteiger partial charge in [0.05, 0.1) is 0 Å². The molecule has 0 aliphatic carbocycles. The van der Waals surface area contributed by atoms with E-state index in [1.165, 1.54) is 9.13 Å². The average molecular weight is 380 g/mol. The second-order valence-corrected chi connectivity index (χ2v) is 7.45. The zero-order chi connectivity index (χ0) is 13.6. The van der Waals surface area contributed by atoms with Gasteiger partial charge < -0.3 is 13.3 Å². The topological polar surface area (TPSA) is 27.7 Å². The Balaban J connectivity index is 3.25. The first-order chi connectivity index (χ1) is 8.61. The molecule has 18 heavy (non-hydrogen) atoms. The van der Waals surface area contributed by atoms with E-state index in [0.717, 1.165) is 5.19 Å². The predicted octanol–water partition coefficient (Wildman–Crippen LogP) is 2.86. The number of halogens is 1. The van der Waals surface area contributed by atoms with Crippen molar-refractivity contribution in [3.63, 3.8) is 0 Å². The molecule has 0 radical (unpaired) electrons. The van der Waals surface area contributed by atoms with Crippen LogP contribution in [-0.2, 0) is 13.3 Å². The Bertz CT molecular complexity index is 367. The van der Waals surface area contributed by atoms with Crippen molar-refractivity contribution in [3.8, 4) is 0 Å². The number of benzene rings is 1. The highest BCUT2D eigenvalue weighted by molar-refractivity contribution is 14.1. The molecule has 1 aromatic rings. The SMILES string of the molecule is CCO[Si](OCC)(OCC)c1cccc(I)c1C. The van der Waals surface area contributed by atoms with Gasteiger partial charge in [-0.15, -0.1) is 0 Å². The van der Waals surface area contributed by atoms with Crippen LogP contribution in [0, 0.1) is 10.5 Å². The fourth-order valence-electron chi connectivity index (χ4n) is 1.87. The van der Waals surface area contributed by atoms with Crippen LogP contribution in [0.5, 0.6) is 0 Å². The van der Waals surface area contributed by atoms with Crippen LogP contribution in [-0.4, -0.2) is 28.6 Å². The van der Waals surface area contributed by atoms with Gasteiger partial charge in [0.15, 0.2) is 0 Å². The van der Waals surface area contributed by atoms with Crippen molar-refractivity contribution >= 4 is 36.6 Å². The van der Waals surface area contributed by atoms with Crippen molar-refractivity contribution in [2.75, 3.05) is 19.8 Å². The standard InChI is InChI=1S/C13H21IO3Si/c1-5-15-18(16-6-2,17-7-3)13-10-8-9-12(14)11(13)4/h8-10H,5-7H2,1-4H3. The highest BCUT2D eigenvalue weighted by Crippen LogP contribution is 2.17. The number of hydrogen-bond donors (Lipinski definition) is 0. The highest BCUT2D eigenvalue weighted by Gasteiger charge is 2.44. The molecule has 0 N–H and O–H groups in total. The van der Waals surface area contributed by atoms with E-state index in [4.69, 9.17) is 13.3 Å². The summed E-state index contributed by atoms with van der Waals surface area (Å²) in [6.45, 7) is 9.80. The largest absolute Gasteiger partial charge is 0.537 e. The third kappa shape index (κ3) is 3.54. The number of rotatable bonds is 7. The maximum Gasteiger partial charge on any atom is 0.537 e. The predicted molar refractivity (Wildman–Crippen MR) is 84.2 cm³/mol. The lowest BCUT2D eigenvalue weighted by Gasteiger charge is -2.30. The molecule has 0 amide bonds. The van der Waals surface area contributed by atoms with Crippen LogP contribution in [0.15, 0.2) is 18.2 Å². The summed E-state index contributed by atoms with van der Waals surface area (Å²) in [4.78, 5) is 0. The van der Waals surface area contributed by atoms with Crippen LogP contribution in [0.4, 0.5) is 0 Å². The molecule has 0 heterocycles. The van der Waals surface area contributed by atoms with E-state index >= 15 is 0 Å². The Morgan fingerprint density at radius 3 is 1.94 bits per heavy atom. The van der Waals surface area contributed by atoms with Gasteiger partial charge in [-0.3, -0.25) is 0 Å². The van der Waals surface area contributed by atoms with E-state index in [0.29, 0.717) is 19.8 Å². The molecule has 102 valence electrons. The van der Waals surface area contributed by atoms with Crippen molar-refractivity contribution in [1.29, 1.82) is 0 Å². The maximum absolute atomic E-state index is 5.92. The average Bonchev–Trinajstić information content (AvgIpc) is 2.33. The third-order valence-corrected chi connectivity index (χ3v) is 6.98. The normalized spacial score (nSPS) is 11.8. The molecule has 0 aromatic heterocycles. The van der Waals surface area contributed by atoms with Gasteiger partial charge in [0.2, 0.25) is 0 Å². The number of hydrogen-bond acceptors (Lipinski definition) is 3. The van der Waals surface area contributed by atoms with Crippen molar-refractivity contribution in [2.45, 2.75) is 27.7 Å². The first-order valence-electron chi connectivity index (χ1n) is 6.28. The third-order valence-electron chi connectivity index (χ3n) is 2.60. The zero-order valence-corrected chi connectivity index (χ0v) is 14.6. The molecule has 0 fully saturated rings. The summed E-state index contributed by atoms with van der Waals surface area (Å²) in [5.74, 6) is 0.